The first-order valence-corrected chi connectivity index (χ1v) is 11.0. The lowest BCUT2D eigenvalue weighted by Crippen LogP contribution is -2.14. The summed E-state index contributed by atoms with van der Waals surface area (Å²) in [6.45, 7) is 2.32. The summed E-state index contributed by atoms with van der Waals surface area (Å²) in [5.41, 5.74) is 2.81. The van der Waals surface area contributed by atoms with Crippen LogP contribution >= 0.6 is 11.6 Å². The van der Waals surface area contributed by atoms with Crippen LogP contribution in [0.4, 0.5) is 4.39 Å². The molecule has 0 aliphatic heterocycles. The van der Waals surface area contributed by atoms with Crippen molar-refractivity contribution in [1.82, 2.24) is 0 Å². The average Bonchev–Trinajstić information content (AvgIpc) is 2.74. The lowest BCUT2D eigenvalue weighted by Gasteiger charge is -2.27. The van der Waals surface area contributed by atoms with Crippen LogP contribution in [0.25, 0.3) is 21.9 Å². The highest BCUT2D eigenvalue weighted by Crippen LogP contribution is 2.34. The van der Waals surface area contributed by atoms with Crippen molar-refractivity contribution in [1.29, 1.82) is 0 Å². The molecule has 3 aromatic carbocycles. The zero-order valence-electron chi connectivity index (χ0n) is 16.6. The fraction of sp³-hybridized carbons (Fsp3) is 0.385. The fourth-order valence-electron chi connectivity index (χ4n) is 4.65. The summed E-state index contributed by atoms with van der Waals surface area (Å²) in [6, 6.07) is 17.5. The number of aryl methyl sites for hydroxylation is 1. The second kappa shape index (κ2) is 8.66. The van der Waals surface area contributed by atoms with Crippen molar-refractivity contribution in [2.45, 2.75) is 51.9 Å². The Labute approximate surface area is 172 Å². The van der Waals surface area contributed by atoms with E-state index in [1.54, 1.807) is 12.1 Å². The largest absolute Gasteiger partial charge is 0.206 e. The van der Waals surface area contributed by atoms with Gasteiger partial charge in [0.15, 0.2) is 0 Å². The summed E-state index contributed by atoms with van der Waals surface area (Å²) >= 11 is 5.96. The Balaban J connectivity index is 1.49. The van der Waals surface area contributed by atoms with Crippen LogP contribution in [0.3, 0.4) is 0 Å². The van der Waals surface area contributed by atoms with E-state index < -0.39 is 0 Å². The summed E-state index contributed by atoms with van der Waals surface area (Å²) in [5.74, 6) is 1.67. The van der Waals surface area contributed by atoms with Crippen molar-refractivity contribution in [2.75, 3.05) is 0 Å². The van der Waals surface area contributed by atoms with Crippen molar-refractivity contribution in [3.63, 3.8) is 0 Å². The van der Waals surface area contributed by atoms with Crippen LogP contribution in [-0.2, 0) is 6.42 Å². The SMILES string of the molecule is CCC1CCC(CCc2ccc3c(F)c(-c4ccc(Cl)cc4)ccc3c2)CC1. The first-order chi connectivity index (χ1) is 13.6. The van der Waals surface area contributed by atoms with Gasteiger partial charge < -0.3 is 0 Å². The second-order valence-electron chi connectivity index (χ2n) is 8.32. The Kier molecular flexibility index (Phi) is 6.01. The highest BCUT2D eigenvalue weighted by atomic mass is 35.5. The maximum Gasteiger partial charge on any atom is 0.138 e. The predicted octanol–water partition coefficient (Wildman–Crippen LogP) is 8.45. The summed E-state index contributed by atoms with van der Waals surface area (Å²) in [6.07, 6.45) is 9.25. The molecule has 0 atom stereocenters. The molecular weight excluding hydrogens is 367 g/mol. The monoisotopic (exact) mass is 394 g/mol. The van der Waals surface area contributed by atoms with E-state index in [1.807, 2.05) is 30.3 Å². The third-order valence-corrected chi connectivity index (χ3v) is 6.81. The maximum atomic E-state index is 15.1. The number of rotatable bonds is 5. The molecule has 0 spiro atoms. The van der Waals surface area contributed by atoms with Gasteiger partial charge in [0.25, 0.3) is 0 Å². The first-order valence-electron chi connectivity index (χ1n) is 10.6. The van der Waals surface area contributed by atoms with Gasteiger partial charge in [-0.25, -0.2) is 4.39 Å². The molecule has 0 aromatic heterocycles. The number of hydrogen-bond acceptors (Lipinski definition) is 0. The predicted molar refractivity (Wildman–Crippen MR) is 118 cm³/mol. The van der Waals surface area contributed by atoms with Gasteiger partial charge in [-0.05, 0) is 53.3 Å². The third-order valence-electron chi connectivity index (χ3n) is 6.56. The molecule has 28 heavy (non-hydrogen) atoms. The van der Waals surface area contributed by atoms with Gasteiger partial charge in [0.2, 0.25) is 0 Å². The van der Waals surface area contributed by atoms with E-state index in [2.05, 4.69) is 19.1 Å². The lowest BCUT2D eigenvalue weighted by molar-refractivity contribution is 0.259. The van der Waals surface area contributed by atoms with Crippen LogP contribution in [-0.4, -0.2) is 0 Å². The number of benzene rings is 3. The molecule has 1 fully saturated rings. The topological polar surface area (TPSA) is 0 Å². The minimum absolute atomic E-state index is 0.149. The van der Waals surface area contributed by atoms with Crippen LogP contribution in [0.1, 0.15) is 51.0 Å². The molecule has 1 aliphatic carbocycles. The Morgan fingerprint density at radius 3 is 2.32 bits per heavy atom. The van der Waals surface area contributed by atoms with Gasteiger partial charge in [-0.1, -0.05) is 93.1 Å². The Morgan fingerprint density at radius 2 is 1.61 bits per heavy atom. The zero-order valence-corrected chi connectivity index (χ0v) is 17.3. The smallest absolute Gasteiger partial charge is 0.138 e. The van der Waals surface area contributed by atoms with Gasteiger partial charge in [0.1, 0.15) is 5.82 Å². The minimum atomic E-state index is -0.149. The zero-order chi connectivity index (χ0) is 19.5. The van der Waals surface area contributed by atoms with E-state index >= 15 is 4.39 Å². The third kappa shape index (κ3) is 4.25. The molecule has 0 amide bonds. The van der Waals surface area contributed by atoms with Crippen LogP contribution in [0.5, 0.6) is 0 Å². The van der Waals surface area contributed by atoms with Crippen molar-refractivity contribution >= 4 is 22.4 Å². The number of hydrogen-bond donors (Lipinski definition) is 0. The summed E-state index contributed by atoms with van der Waals surface area (Å²) in [5, 5.41) is 2.35. The molecule has 1 saturated carbocycles. The minimum Gasteiger partial charge on any atom is -0.206 e. The van der Waals surface area contributed by atoms with Crippen LogP contribution < -0.4 is 0 Å². The summed E-state index contributed by atoms with van der Waals surface area (Å²) in [4.78, 5) is 0. The molecule has 4 rings (SSSR count). The van der Waals surface area contributed by atoms with E-state index in [0.717, 1.165) is 29.2 Å². The summed E-state index contributed by atoms with van der Waals surface area (Å²) < 4.78 is 15.1. The maximum absolute atomic E-state index is 15.1. The molecular formula is C26H28ClF. The van der Waals surface area contributed by atoms with Crippen LogP contribution in [0, 0.1) is 17.7 Å². The standard InChI is InChI=1S/C26H28ClF/c1-2-18-3-5-19(6-4-18)7-8-20-9-15-25-22(17-20)12-16-24(26(25)28)21-10-13-23(27)14-11-21/h9-19H,2-8H2,1H3. The Morgan fingerprint density at radius 1 is 0.893 bits per heavy atom. The van der Waals surface area contributed by atoms with Crippen molar-refractivity contribution < 1.29 is 4.39 Å². The molecule has 1 aliphatic rings. The molecule has 146 valence electrons. The Hall–Kier alpha value is -1.86. The fourth-order valence-corrected chi connectivity index (χ4v) is 4.77. The molecule has 0 unspecified atom stereocenters. The molecule has 0 radical (unpaired) electrons. The highest BCUT2D eigenvalue weighted by Gasteiger charge is 2.19. The molecule has 0 saturated heterocycles. The quantitative estimate of drug-likeness (QED) is 0.407. The molecule has 2 heteroatoms. The molecule has 0 N–H and O–H groups in total. The second-order valence-corrected chi connectivity index (χ2v) is 8.76. The van der Waals surface area contributed by atoms with Crippen LogP contribution in [0.2, 0.25) is 5.02 Å². The van der Waals surface area contributed by atoms with Gasteiger partial charge in [-0.15, -0.1) is 0 Å². The lowest BCUT2D eigenvalue weighted by atomic mass is 9.78. The van der Waals surface area contributed by atoms with Gasteiger partial charge in [0, 0.05) is 16.0 Å². The molecule has 0 heterocycles. The van der Waals surface area contributed by atoms with Gasteiger partial charge in [-0.3, -0.25) is 0 Å². The van der Waals surface area contributed by atoms with E-state index in [1.165, 1.54) is 44.1 Å². The van der Waals surface area contributed by atoms with Gasteiger partial charge in [0.05, 0.1) is 0 Å². The Bertz CT molecular complexity index is 937. The van der Waals surface area contributed by atoms with E-state index in [9.17, 15) is 0 Å². The van der Waals surface area contributed by atoms with Crippen molar-refractivity contribution in [3.05, 3.63) is 71.0 Å². The van der Waals surface area contributed by atoms with E-state index in [4.69, 9.17) is 11.6 Å². The first kappa shape index (κ1) is 19.5. The van der Waals surface area contributed by atoms with E-state index in [0.29, 0.717) is 16.0 Å². The van der Waals surface area contributed by atoms with E-state index in [-0.39, 0.29) is 5.82 Å². The summed E-state index contributed by atoms with van der Waals surface area (Å²) in [7, 11) is 0. The molecule has 0 nitrogen and oxygen atoms in total. The van der Waals surface area contributed by atoms with Crippen LogP contribution in [0.15, 0.2) is 54.6 Å². The normalized spacial score (nSPS) is 19.8. The molecule has 3 aromatic rings. The van der Waals surface area contributed by atoms with Crippen molar-refractivity contribution in [2.24, 2.45) is 11.8 Å². The van der Waals surface area contributed by atoms with Gasteiger partial charge >= 0.3 is 0 Å². The highest BCUT2D eigenvalue weighted by molar-refractivity contribution is 6.30. The molecule has 0 bridgehead atoms. The van der Waals surface area contributed by atoms with Crippen molar-refractivity contribution in [3.8, 4) is 11.1 Å². The number of fused-ring (bicyclic) bond motifs is 1. The number of halogens is 2. The van der Waals surface area contributed by atoms with Gasteiger partial charge in [-0.2, -0.15) is 0 Å². The average molecular weight is 395 g/mol.